The highest BCUT2D eigenvalue weighted by atomic mass is 16.5. The van der Waals surface area contributed by atoms with Crippen LogP contribution in [0.2, 0.25) is 0 Å². The van der Waals surface area contributed by atoms with Gasteiger partial charge in [-0.2, -0.15) is 0 Å². The van der Waals surface area contributed by atoms with Crippen LogP contribution >= 0.6 is 0 Å². The Morgan fingerprint density at radius 1 is 1.46 bits per heavy atom. The van der Waals surface area contributed by atoms with Crippen molar-refractivity contribution in [3.63, 3.8) is 0 Å². The number of nitrogens with one attached hydrogen (secondary N) is 1. The zero-order valence-electron chi connectivity index (χ0n) is 7.50. The van der Waals surface area contributed by atoms with Gasteiger partial charge in [0.1, 0.15) is 5.75 Å². The van der Waals surface area contributed by atoms with Crippen LogP contribution in [-0.2, 0) is 0 Å². The number of methoxy groups -OCH3 is 1. The maximum atomic E-state index is 5.84. The van der Waals surface area contributed by atoms with Gasteiger partial charge in [0.05, 0.1) is 18.5 Å². The third kappa shape index (κ3) is 1.33. The summed E-state index contributed by atoms with van der Waals surface area (Å²) in [6.45, 7) is 0.837. The molecule has 0 bridgehead atoms. The van der Waals surface area contributed by atoms with Gasteiger partial charge in [-0.05, 0) is 6.07 Å². The average Bonchev–Trinajstić information content (AvgIpc) is 2.18. The van der Waals surface area contributed by atoms with Crippen LogP contribution in [0.25, 0.3) is 6.08 Å². The SMILES string of the molecule is COc1cc(N)c2c(c1)C=CCN2. The molecule has 13 heavy (non-hydrogen) atoms. The number of fused-ring (bicyclic) bond motifs is 1. The molecule has 0 saturated carbocycles. The molecule has 0 aliphatic carbocycles. The average molecular weight is 176 g/mol. The normalized spacial score (nSPS) is 13.3. The Balaban J connectivity index is 2.55. The maximum absolute atomic E-state index is 5.84. The van der Waals surface area contributed by atoms with Crippen molar-refractivity contribution < 1.29 is 4.74 Å². The lowest BCUT2D eigenvalue weighted by molar-refractivity contribution is 0.415. The zero-order valence-corrected chi connectivity index (χ0v) is 7.50. The molecule has 0 unspecified atom stereocenters. The van der Waals surface area contributed by atoms with Gasteiger partial charge in [0.15, 0.2) is 0 Å². The van der Waals surface area contributed by atoms with E-state index < -0.39 is 0 Å². The summed E-state index contributed by atoms with van der Waals surface area (Å²) in [6, 6.07) is 3.79. The Morgan fingerprint density at radius 2 is 2.31 bits per heavy atom. The van der Waals surface area contributed by atoms with Crippen molar-refractivity contribution in [1.82, 2.24) is 0 Å². The van der Waals surface area contributed by atoms with Crippen molar-refractivity contribution in [1.29, 1.82) is 0 Å². The minimum atomic E-state index is 0.735. The summed E-state index contributed by atoms with van der Waals surface area (Å²) in [7, 11) is 1.64. The van der Waals surface area contributed by atoms with Crippen LogP contribution in [0.15, 0.2) is 18.2 Å². The Labute approximate surface area is 77.2 Å². The molecule has 3 N–H and O–H groups in total. The van der Waals surface area contributed by atoms with E-state index in [9.17, 15) is 0 Å². The molecule has 0 aromatic heterocycles. The van der Waals surface area contributed by atoms with Crippen LogP contribution in [-0.4, -0.2) is 13.7 Å². The number of ether oxygens (including phenoxy) is 1. The predicted molar refractivity (Wildman–Crippen MR) is 54.9 cm³/mol. The standard InChI is InChI=1S/C10H12N2O/c1-13-8-5-7-3-2-4-12-10(7)9(11)6-8/h2-3,5-6,12H,4,11H2,1H3. The number of rotatable bonds is 1. The minimum absolute atomic E-state index is 0.735. The first-order chi connectivity index (χ1) is 6.31. The monoisotopic (exact) mass is 176 g/mol. The van der Waals surface area contributed by atoms with Crippen LogP contribution in [0.1, 0.15) is 5.56 Å². The summed E-state index contributed by atoms with van der Waals surface area (Å²) < 4.78 is 5.12. The van der Waals surface area contributed by atoms with Crippen LogP contribution < -0.4 is 15.8 Å². The van der Waals surface area contributed by atoms with Gasteiger partial charge in [-0.3, -0.25) is 0 Å². The molecule has 0 saturated heterocycles. The van der Waals surface area contributed by atoms with Crippen molar-refractivity contribution in [2.45, 2.75) is 0 Å². The molecule has 0 radical (unpaired) electrons. The molecule has 0 atom stereocenters. The molecule has 1 aliphatic rings. The summed E-state index contributed by atoms with van der Waals surface area (Å²) in [5.41, 5.74) is 8.67. The van der Waals surface area contributed by atoms with Gasteiger partial charge in [-0.15, -0.1) is 0 Å². The number of hydrogen-bond donors (Lipinski definition) is 2. The second kappa shape index (κ2) is 3.01. The quantitative estimate of drug-likeness (QED) is 0.640. The number of benzene rings is 1. The van der Waals surface area contributed by atoms with Crippen molar-refractivity contribution in [3.8, 4) is 5.75 Å². The maximum Gasteiger partial charge on any atom is 0.121 e. The molecule has 0 spiro atoms. The Morgan fingerprint density at radius 3 is 3.08 bits per heavy atom. The molecule has 1 heterocycles. The van der Waals surface area contributed by atoms with Crippen molar-refractivity contribution in [2.24, 2.45) is 0 Å². The summed E-state index contributed by atoms with van der Waals surface area (Å²) in [5, 5.41) is 3.21. The molecule has 0 fully saturated rings. The summed E-state index contributed by atoms with van der Waals surface area (Å²) in [4.78, 5) is 0. The molecule has 3 nitrogen and oxygen atoms in total. The third-order valence-corrected chi connectivity index (χ3v) is 2.10. The third-order valence-electron chi connectivity index (χ3n) is 2.10. The first kappa shape index (κ1) is 7.98. The lowest BCUT2D eigenvalue weighted by atomic mass is 10.1. The Kier molecular flexibility index (Phi) is 1.85. The molecule has 1 aromatic carbocycles. The number of nitrogens with two attached hydrogens (primary N) is 1. The van der Waals surface area contributed by atoms with Crippen molar-refractivity contribution in [3.05, 3.63) is 23.8 Å². The number of anilines is 2. The van der Waals surface area contributed by atoms with Crippen LogP contribution in [0.3, 0.4) is 0 Å². The van der Waals surface area contributed by atoms with Gasteiger partial charge in [-0.1, -0.05) is 12.2 Å². The molecule has 1 aromatic rings. The van der Waals surface area contributed by atoms with E-state index in [2.05, 4.69) is 11.4 Å². The van der Waals surface area contributed by atoms with E-state index in [-0.39, 0.29) is 0 Å². The van der Waals surface area contributed by atoms with Gasteiger partial charge in [0, 0.05) is 18.2 Å². The van der Waals surface area contributed by atoms with E-state index in [1.54, 1.807) is 7.11 Å². The first-order valence-electron chi connectivity index (χ1n) is 4.19. The van der Waals surface area contributed by atoms with Crippen molar-refractivity contribution in [2.75, 3.05) is 24.7 Å². The molecule has 68 valence electrons. The summed E-state index contributed by atoms with van der Waals surface area (Å²) in [6.07, 6.45) is 4.10. The van der Waals surface area contributed by atoms with Gasteiger partial charge in [0.25, 0.3) is 0 Å². The molecular formula is C10H12N2O. The lowest BCUT2D eigenvalue weighted by Gasteiger charge is -2.16. The van der Waals surface area contributed by atoms with Crippen molar-refractivity contribution >= 4 is 17.5 Å². The van der Waals surface area contributed by atoms with E-state index in [0.29, 0.717) is 0 Å². The fourth-order valence-corrected chi connectivity index (χ4v) is 1.46. The highest BCUT2D eigenvalue weighted by molar-refractivity contribution is 5.81. The van der Waals surface area contributed by atoms with E-state index in [4.69, 9.17) is 10.5 Å². The molecule has 0 amide bonds. The van der Waals surface area contributed by atoms with Gasteiger partial charge in [-0.25, -0.2) is 0 Å². The molecule has 3 heteroatoms. The van der Waals surface area contributed by atoms with Crippen LogP contribution in [0.5, 0.6) is 5.75 Å². The Bertz CT molecular complexity index is 358. The highest BCUT2D eigenvalue weighted by Crippen LogP contribution is 2.31. The van der Waals surface area contributed by atoms with Gasteiger partial charge in [0.2, 0.25) is 0 Å². The highest BCUT2D eigenvalue weighted by Gasteiger charge is 2.08. The van der Waals surface area contributed by atoms with Gasteiger partial charge < -0.3 is 15.8 Å². The molecular weight excluding hydrogens is 164 g/mol. The topological polar surface area (TPSA) is 47.3 Å². The van der Waals surface area contributed by atoms with E-state index in [0.717, 1.165) is 29.2 Å². The zero-order chi connectivity index (χ0) is 9.26. The second-order valence-corrected chi connectivity index (χ2v) is 2.96. The van der Waals surface area contributed by atoms with E-state index >= 15 is 0 Å². The van der Waals surface area contributed by atoms with Gasteiger partial charge >= 0.3 is 0 Å². The second-order valence-electron chi connectivity index (χ2n) is 2.96. The van der Waals surface area contributed by atoms with Crippen LogP contribution in [0, 0.1) is 0 Å². The van der Waals surface area contributed by atoms with E-state index in [1.807, 2.05) is 18.2 Å². The summed E-state index contributed by atoms with van der Waals surface area (Å²) in [5.74, 6) is 0.796. The summed E-state index contributed by atoms with van der Waals surface area (Å²) >= 11 is 0. The minimum Gasteiger partial charge on any atom is -0.497 e. The van der Waals surface area contributed by atoms with E-state index in [1.165, 1.54) is 0 Å². The first-order valence-corrected chi connectivity index (χ1v) is 4.19. The number of hydrogen-bond acceptors (Lipinski definition) is 3. The Hall–Kier alpha value is -1.64. The fourth-order valence-electron chi connectivity index (χ4n) is 1.46. The van der Waals surface area contributed by atoms with Crippen LogP contribution in [0.4, 0.5) is 11.4 Å². The molecule has 2 rings (SSSR count). The smallest absolute Gasteiger partial charge is 0.121 e. The number of nitrogen functional groups attached to an aromatic ring is 1. The lowest BCUT2D eigenvalue weighted by Crippen LogP contribution is -2.07. The predicted octanol–water partition coefficient (Wildman–Crippen LogP) is 1.72. The molecule has 1 aliphatic heterocycles. The fraction of sp³-hybridized carbons (Fsp3) is 0.200. The largest absolute Gasteiger partial charge is 0.497 e.